The van der Waals surface area contributed by atoms with Crippen LogP contribution in [0.5, 0.6) is 0 Å². The largest absolute Gasteiger partial charge is 0.444 e. The lowest BCUT2D eigenvalue weighted by Crippen LogP contribution is -2.49. The highest BCUT2D eigenvalue weighted by atomic mass is 32.1. The normalized spacial score (nSPS) is 22.5. The van der Waals surface area contributed by atoms with Crippen molar-refractivity contribution in [2.24, 2.45) is 0 Å². The summed E-state index contributed by atoms with van der Waals surface area (Å²) in [6.45, 7) is 10.7. The maximum atomic E-state index is 11.9. The molecule has 0 saturated carbocycles. The fraction of sp³-hybridized carbons (Fsp3) is 0.800. The molecule has 1 aromatic heterocycles. The van der Waals surface area contributed by atoms with Gasteiger partial charge in [-0.25, -0.2) is 9.78 Å². The van der Waals surface area contributed by atoms with Crippen LogP contribution in [-0.4, -0.2) is 39.7 Å². The Morgan fingerprint density at radius 2 is 2.23 bits per heavy atom. The van der Waals surface area contributed by atoms with Crippen LogP contribution in [0.1, 0.15) is 53.3 Å². The van der Waals surface area contributed by atoms with Crippen LogP contribution >= 0.6 is 11.5 Å². The Morgan fingerprint density at radius 3 is 2.77 bits per heavy atom. The second-order valence-electron chi connectivity index (χ2n) is 6.76. The van der Waals surface area contributed by atoms with Crippen LogP contribution in [-0.2, 0) is 11.2 Å². The first-order valence-corrected chi connectivity index (χ1v) is 8.64. The molecule has 124 valence electrons. The lowest BCUT2D eigenvalue weighted by Gasteiger charge is -2.37. The van der Waals surface area contributed by atoms with Crippen molar-refractivity contribution >= 4 is 22.8 Å². The van der Waals surface area contributed by atoms with Gasteiger partial charge in [-0.05, 0) is 40.5 Å². The van der Waals surface area contributed by atoms with Gasteiger partial charge in [-0.15, -0.1) is 0 Å². The minimum atomic E-state index is -0.459. The molecule has 22 heavy (non-hydrogen) atoms. The van der Waals surface area contributed by atoms with Gasteiger partial charge in [0.2, 0.25) is 5.13 Å². The standard InChI is InChI=1S/C15H26N4O2S/c1-6-12-17-13(22-18-12)19-8-7-11(9-10(19)2)16-14(20)21-15(3,4)5/h10-11H,6-9H2,1-5H3,(H,16,20). The maximum Gasteiger partial charge on any atom is 0.407 e. The number of rotatable bonds is 3. The Bertz CT molecular complexity index is 512. The summed E-state index contributed by atoms with van der Waals surface area (Å²) >= 11 is 1.46. The molecule has 1 aromatic rings. The number of anilines is 1. The molecule has 2 rings (SSSR count). The van der Waals surface area contributed by atoms with Crippen LogP contribution in [0, 0.1) is 0 Å². The number of aryl methyl sites for hydroxylation is 1. The monoisotopic (exact) mass is 326 g/mol. The molecule has 1 N–H and O–H groups in total. The van der Waals surface area contributed by atoms with E-state index in [0.29, 0.717) is 6.04 Å². The van der Waals surface area contributed by atoms with Gasteiger partial charge in [0.25, 0.3) is 0 Å². The summed E-state index contributed by atoms with van der Waals surface area (Å²) in [5.74, 6) is 0.904. The second kappa shape index (κ2) is 6.81. The number of piperidine rings is 1. The van der Waals surface area contributed by atoms with E-state index in [1.807, 2.05) is 20.8 Å². The summed E-state index contributed by atoms with van der Waals surface area (Å²) in [5.41, 5.74) is -0.459. The lowest BCUT2D eigenvalue weighted by atomic mass is 9.99. The van der Waals surface area contributed by atoms with E-state index >= 15 is 0 Å². The summed E-state index contributed by atoms with van der Waals surface area (Å²) in [6, 6.07) is 0.478. The van der Waals surface area contributed by atoms with Crippen LogP contribution < -0.4 is 10.2 Å². The quantitative estimate of drug-likeness (QED) is 0.925. The molecule has 0 bridgehead atoms. The van der Waals surface area contributed by atoms with Gasteiger partial charge in [-0.1, -0.05) is 6.92 Å². The molecule has 1 aliphatic rings. The first-order chi connectivity index (χ1) is 10.3. The molecule has 0 spiro atoms. The minimum absolute atomic E-state index is 0.152. The van der Waals surface area contributed by atoms with Crippen LogP contribution in [0.3, 0.4) is 0 Å². The third-order valence-electron chi connectivity index (χ3n) is 3.62. The number of nitrogens with zero attached hydrogens (tertiary/aromatic N) is 3. The van der Waals surface area contributed by atoms with Crippen LogP contribution in [0.15, 0.2) is 0 Å². The molecule has 1 saturated heterocycles. The second-order valence-corrected chi connectivity index (χ2v) is 7.49. The summed E-state index contributed by atoms with van der Waals surface area (Å²) in [6.07, 6.45) is 2.31. The first kappa shape index (κ1) is 17.0. The fourth-order valence-electron chi connectivity index (χ4n) is 2.57. The smallest absolute Gasteiger partial charge is 0.407 e. The van der Waals surface area contributed by atoms with Crippen LogP contribution in [0.2, 0.25) is 0 Å². The molecule has 2 heterocycles. The van der Waals surface area contributed by atoms with E-state index in [1.165, 1.54) is 11.5 Å². The van der Waals surface area contributed by atoms with E-state index < -0.39 is 5.60 Å². The van der Waals surface area contributed by atoms with E-state index in [-0.39, 0.29) is 12.1 Å². The van der Waals surface area contributed by atoms with Crippen LogP contribution in [0.25, 0.3) is 0 Å². The average molecular weight is 326 g/mol. The van der Waals surface area contributed by atoms with Crippen LogP contribution in [0.4, 0.5) is 9.93 Å². The van der Waals surface area contributed by atoms with Gasteiger partial charge in [0.15, 0.2) is 0 Å². The number of carbonyl (C=O) groups excluding carboxylic acids is 1. The molecule has 0 aromatic carbocycles. The van der Waals surface area contributed by atoms with E-state index in [9.17, 15) is 4.79 Å². The molecule has 2 unspecified atom stereocenters. The highest BCUT2D eigenvalue weighted by molar-refractivity contribution is 7.09. The van der Waals surface area contributed by atoms with Crippen molar-refractivity contribution in [1.82, 2.24) is 14.7 Å². The van der Waals surface area contributed by atoms with Crippen molar-refractivity contribution in [3.63, 3.8) is 0 Å². The highest BCUT2D eigenvalue weighted by Gasteiger charge is 2.29. The Balaban J connectivity index is 1.88. The van der Waals surface area contributed by atoms with E-state index in [4.69, 9.17) is 4.74 Å². The number of alkyl carbamates (subject to hydrolysis) is 1. The van der Waals surface area contributed by atoms with Crippen molar-refractivity contribution in [1.29, 1.82) is 0 Å². The number of nitrogens with one attached hydrogen (secondary N) is 1. The van der Waals surface area contributed by atoms with Gasteiger partial charge < -0.3 is 15.0 Å². The molecule has 2 atom stereocenters. The number of hydrogen-bond donors (Lipinski definition) is 1. The molecular weight excluding hydrogens is 300 g/mol. The van der Waals surface area contributed by atoms with Gasteiger partial charge in [0, 0.05) is 36.6 Å². The number of amides is 1. The Hall–Kier alpha value is -1.37. The van der Waals surface area contributed by atoms with E-state index in [1.54, 1.807) is 0 Å². The zero-order valence-electron chi connectivity index (χ0n) is 14.0. The van der Waals surface area contributed by atoms with Gasteiger partial charge in [0.1, 0.15) is 11.4 Å². The fourth-order valence-corrected chi connectivity index (χ4v) is 3.45. The van der Waals surface area contributed by atoms with Gasteiger partial charge in [0.05, 0.1) is 0 Å². The summed E-state index contributed by atoms with van der Waals surface area (Å²) < 4.78 is 9.67. The summed E-state index contributed by atoms with van der Waals surface area (Å²) in [7, 11) is 0. The zero-order valence-corrected chi connectivity index (χ0v) is 14.9. The van der Waals surface area contributed by atoms with E-state index in [2.05, 4.69) is 33.4 Å². The molecule has 0 aliphatic carbocycles. The van der Waals surface area contributed by atoms with Crippen molar-refractivity contribution < 1.29 is 9.53 Å². The molecular formula is C15H26N4O2S. The van der Waals surface area contributed by atoms with Crippen molar-refractivity contribution in [3.05, 3.63) is 5.82 Å². The maximum absolute atomic E-state index is 11.9. The molecule has 0 radical (unpaired) electrons. The SMILES string of the molecule is CCc1nsc(N2CCC(NC(=O)OC(C)(C)C)CC2C)n1. The average Bonchev–Trinajstić information content (AvgIpc) is 2.85. The van der Waals surface area contributed by atoms with Crippen molar-refractivity contribution in [3.8, 4) is 0 Å². The molecule has 6 nitrogen and oxygen atoms in total. The lowest BCUT2D eigenvalue weighted by molar-refractivity contribution is 0.0494. The van der Waals surface area contributed by atoms with Crippen molar-refractivity contribution in [2.45, 2.75) is 71.6 Å². The predicted octanol–water partition coefficient (Wildman–Crippen LogP) is 2.98. The number of aromatic nitrogens is 2. The van der Waals surface area contributed by atoms with Crippen molar-refractivity contribution in [2.75, 3.05) is 11.4 Å². The summed E-state index contributed by atoms with van der Waals surface area (Å²) in [4.78, 5) is 18.7. The first-order valence-electron chi connectivity index (χ1n) is 7.87. The Morgan fingerprint density at radius 1 is 1.50 bits per heavy atom. The zero-order chi connectivity index (χ0) is 16.3. The topological polar surface area (TPSA) is 67.4 Å². The number of hydrogen-bond acceptors (Lipinski definition) is 6. The van der Waals surface area contributed by atoms with E-state index in [0.717, 1.165) is 36.8 Å². The predicted molar refractivity (Wildman–Crippen MR) is 88.5 cm³/mol. The summed E-state index contributed by atoms with van der Waals surface area (Å²) in [5, 5.41) is 3.96. The van der Waals surface area contributed by atoms with Gasteiger partial charge in [-0.2, -0.15) is 4.37 Å². The third-order valence-corrected chi connectivity index (χ3v) is 4.41. The highest BCUT2D eigenvalue weighted by Crippen LogP contribution is 2.26. The number of ether oxygens (including phenoxy) is 1. The Labute approximate surface area is 136 Å². The third kappa shape index (κ3) is 4.56. The molecule has 1 fully saturated rings. The van der Waals surface area contributed by atoms with Gasteiger partial charge >= 0.3 is 6.09 Å². The minimum Gasteiger partial charge on any atom is -0.444 e. The molecule has 7 heteroatoms. The molecule has 1 amide bonds. The number of carbonyl (C=O) groups is 1. The molecule has 1 aliphatic heterocycles. The van der Waals surface area contributed by atoms with Gasteiger partial charge in [-0.3, -0.25) is 0 Å². The Kier molecular flexibility index (Phi) is 5.26.